The van der Waals surface area contributed by atoms with Crippen LogP contribution in [0.25, 0.3) is 11.3 Å². The summed E-state index contributed by atoms with van der Waals surface area (Å²) in [6.45, 7) is 0.570. The minimum Gasteiger partial charge on any atom is -0.467 e. The van der Waals surface area contributed by atoms with E-state index < -0.39 is 0 Å². The molecule has 1 N–H and O–H groups in total. The minimum absolute atomic E-state index is 0.334. The number of rotatable bonds is 4. The first-order valence-electron chi connectivity index (χ1n) is 9.15. The molecule has 2 heterocycles. The molecule has 5 rings (SSSR count). The van der Waals surface area contributed by atoms with Crippen molar-refractivity contribution in [2.45, 2.75) is 18.9 Å². The summed E-state index contributed by atoms with van der Waals surface area (Å²) in [5, 5.41) is 3.25. The fourth-order valence-corrected chi connectivity index (χ4v) is 3.78. The van der Waals surface area contributed by atoms with Gasteiger partial charge in [0.25, 0.3) is 0 Å². The van der Waals surface area contributed by atoms with Crippen LogP contribution in [0.4, 0.5) is 5.95 Å². The Morgan fingerprint density at radius 3 is 2.67 bits per heavy atom. The number of aromatic nitrogens is 2. The average Bonchev–Trinajstić information content (AvgIpc) is 3.26. The predicted octanol–water partition coefficient (Wildman–Crippen LogP) is 5.04. The van der Waals surface area contributed by atoms with Crippen molar-refractivity contribution >= 4 is 5.95 Å². The molecular weight excluding hydrogens is 334 g/mol. The molecule has 2 aromatic heterocycles. The van der Waals surface area contributed by atoms with E-state index in [-0.39, 0.29) is 0 Å². The molecule has 2 aromatic carbocycles. The van der Waals surface area contributed by atoms with Gasteiger partial charge in [0.05, 0.1) is 18.5 Å². The molecule has 1 atom stereocenters. The van der Waals surface area contributed by atoms with Crippen LogP contribution in [-0.2, 0) is 13.0 Å². The molecule has 132 valence electrons. The van der Waals surface area contributed by atoms with E-state index in [1.165, 1.54) is 22.3 Å². The maximum Gasteiger partial charge on any atom is 0.223 e. The summed E-state index contributed by atoms with van der Waals surface area (Å²) in [5.41, 5.74) is 6.05. The van der Waals surface area contributed by atoms with Crippen molar-refractivity contribution in [3.63, 3.8) is 0 Å². The van der Waals surface area contributed by atoms with Gasteiger partial charge in [0.2, 0.25) is 5.95 Å². The lowest BCUT2D eigenvalue weighted by Gasteiger charge is -2.27. The quantitative estimate of drug-likeness (QED) is 0.559. The molecule has 0 amide bonds. The molecule has 0 fully saturated rings. The van der Waals surface area contributed by atoms with Gasteiger partial charge in [-0.05, 0) is 35.2 Å². The molecule has 0 saturated carbocycles. The molecule has 4 heteroatoms. The van der Waals surface area contributed by atoms with Crippen LogP contribution in [0.1, 0.15) is 28.4 Å². The van der Waals surface area contributed by atoms with Gasteiger partial charge in [-0.25, -0.2) is 9.97 Å². The van der Waals surface area contributed by atoms with Crippen LogP contribution in [0, 0.1) is 0 Å². The van der Waals surface area contributed by atoms with Crippen LogP contribution in [0.2, 0.25) is 0 Å². The van der Waals surface area contributed by atoms with E-state index in [9.17, 15) is 0 Å². The smallest absolute Gasteiger partial charge is 0.223 e. The molecule has 4 aromatic rings. The van der Waals surface area contributed by atoms with Crippen molar-refractivity contribution < 1.29 is 4.42 Å². The molecule has 0 bridgehead atoms. The number of fused-ring (bicyclic) bond motifs is 3. The van der Waals surface area contributed by atoms with Gasteiger partial charge in [-0.15, -0.1) is 0 Å². The van der Waals surface area contributed by atoms with Gasteiger partial charge >= 0.3 is 0 Å². The average molecular weight is 353 g/mol. The van der Waals surface area contributed by atoms with E-state index >= 15 is 0 Å². The molecule has 0 saturated heterocycles. The standard InChI is InChI=1S/C23H19N3O/c1-2-7-16(8-3-1)21-13-17-14-24-23(25-15-18-9-6-12-27-18)26-22(17)20-11-5-4-10-19(20)21/h1-12,14,21H,13,15H2,(H,24,25,26). The highest BCUT2D eigenvalue weighted by atomic mass is 16.3. The Labute approximate surface area is 157 Å². The van der Waals surface area contributed by atoms with E-state index in [1.807, 2.05) is 18.3 Å². The summed E-state index contributed by atoms with van der Waals surface area (Å²) in [6, 6.07) is 23.0. The number of nitrogens with one attached hydrogen (secondary N) is 1. The first kappa shape index (κ1) is 15.8. The lowest BCUT2D eigenvalue weighted by Crippen LogP contribution is -2.15. The lowest BCUT2D eigenvalue weighted by molar-refractivity contribution is 0.517. The summed E-state index contributed by atoms with van der Waals surface area (Å²) in [6.07, 6.45) is 4.54. The molecule has 1 aliphatic rings. The monoisotopic (exact) mass is 353 g/mol. The number of anilines is 1. The summed E-state index contributed by atoms with van der Waals surface area (Å²) in [5.74, 6) is 1.82. The summed E-state index contributed by atoms with van der Waals surface area (Å²) in [4.78, 5) is 9.35. The fraction of sp³-hybridized carbons (Fsp3) is 0.130. The topological polar surface area (TPSA) is 51.0 Å². The Bertz CT molecular complexity index is 1060. The first-order chi connectivity index (χ1) is 13.4. The number of furan rings is 1. The summed E-state index contributed by atoms with van der Waals surface area (Å²) < 4.78 is 5.37. The Morgan fingerprint density at radius 1 is 0.963 bits per heavy atom. The summed E-state index contributed by atoms with van der Waals surface area (Å²) in [7, 11) is 0. The van der Waals surface area contributed by atoms with Crippen LogP contribution in [0.3, 0.4) is 0 Å². The second kappa shape index (κ2) is 6.72. The van der Waals surface area contributed by atoms with Gasteiger partial charge in [-0.3, -0.25) is 0 Å². The minimum atomic E-state index is 0.334. The number of benzene rings is 2. The van der Waals surface area contributed by atoms with Gasteiger partial charge in [0, 0.05) is 17.7 Å². The van der Waals surface area contributed by atoms with Crippen molar-refractivity contribution in [2.24, 2.45) is 0 Å². The first-order valence-corrected chi connectivity index (χ1v) is 9.15. The highest BCUT2D eigenvalue weighted by Gasteiger charge is 2.27. The van der Waals surface area contributed by atoms with Gasteiger partial charge in [0.15, 0.2) is 0 Å². The zero-order valence-corrected chi connectivity index (χ0v) is 14.8. The highest BCUT2D eigenvalue weighted by molar-refractivity contribution is 5.72. The zero-order chi connectivity index (χ0) is 18.1. The predicted molar refractivity (Wildman–Crippen MR) is 105 cm³/mol. The van der Waals surface area contributed by atoms with Crippen LogP contribution in [0.5, 0.6) is 0 Å². The van der Waals surface area contributed by atoms with Crippen LogP contribution < -0.4 is 5.32 Å². The molecule has 4 nitrogen and oxygen atoms in total. The summed E-state index contributed by atoms with van der Waals surface area (Å²) >= 11 is 0. The van der Waals surface area contributed by atoms with Crippen molar-refractivity contribution in [2.75, 3.05) is 5.32 Å². The zero-order valence-electron chi connectivity index (χ0n) is 14.8. The maximum absolute atomic E-state index is 5.37. The third-order valence-electron chi connectivity index (χ3n) is 5.08. The van der Waals surface area contributed by atoms with E-state index in [2.05, 4.69) is 64.9 Å². The second-order valence-electron chi connectivity index (χ2n) is 6.76. The number of nitrogens with zero attached hydrogens (tertiary/aromatic N) is 2. The Balaban J connectivity index is 1.51. The van der Waals surface area contributed by atoms with Gasteiger partial charge in [-0.2, -0.15) is 0 Å². The van der Waals surface area contributed by atoms with E-state index in [4.69, 9.17) is 9.40 Å². The molecule has 27 heavy (non-hydrogen) atoms. The van der Waals surface area contributed by atoms with Gasteiger partial charge < -0.3 is 9.73 Å². The number of hydrogen-bond acceptors (Lipinski definition) is 4. The van der Waals surface area contributed by atoms with Gasteiger partial charge in [-0.1, -0.05) is 54.6 Å². The Morgan fingerprint density at radius 2 is 1.81 bits per heavy atom. The molecule has 0 aliphatic heterocycles. The lowest BCUT2D eigenvalue weighted by atomic mass is 9.78. The molecule has 1 unspecified atom stereocenters. The Kier molecular flexibility index (Phi) is 3.94. The van der Waals surface area contributed by atoms with Crippen LogP contribution >= 0.6 is 0 Å². The van der Waals surface area contributed by atoms with Crippen molar-refractivity contribution in [3.05, 3.63) is 102 Å². The van der Waals surface area contributed by atoms with E-state index in [0.29, 0.717) is 18.4 Å². The van der Waals surface area contributed by atoms with Crippen LogP contribution in [-0.4, -0.2) is 9.97 Å². The fourth-order valence-electron chi connectivity index (χ4n) is 3.78. The molecule has 0 spiro atoms. The van der Waals surface area contributed by atoms with E-state index in [1.54, 1.807) is 6.26 Å². The molecule has 1 aliphatic carbocycles. The van der Waals surface area contributed by atoms with Crippen LogP contribution in [0.15, 0.2) is 83.6 Å². The van der Waals surface area contributed by atoms with Crippen molar-refractivity contribution in [3.8, 4) is 11.3 Å². The third kappa shape index (κ3) is 2.99. The van der Waals surface area contributed by atoms with Crippen molar-refractivity contribution in [1.82, 2.24) is 9.97 Å². The largest absolute Gasteiger partial charge is 0.467 e. The molecular formula is C23H19N3O. The third-order valence-corrected chi connectivity index (χ3v) is 5.08. The van der Waals surface area contributed by atoms with E-state index in [0.717, 1.165) is 17.9 Å². The second-order valence-corrected chi connectivity index (χ2v) is 6.76. The highest BCUT2D eigenvalue weighted by Crippen LogP contribution is 2.41. The SMILES string of the molecule is c1ccc(C2Cc3cnc(NCc4ccco4)nc3-c3ccccc32)cc1. The van der Waals surface area contributed by atoms with Crippen molar-refractivity contribution in [1.29, 1.82) is 0 Å². The van der Waals surface area contributed by atoms with Gasteiger partial charge in [0.1, 0.15) is 5.76 Å². The molecule has 0 radical (unpaired) electrons. The Hall–Kier alpha value is -3.40. The maximum atomic E-state index is 5.37. The normalized spacial score (nSPS) is 15.0. The number of hydrogen-bond donors (Lipinski definition) is 1.